The van der Waals surface area contributed by atoms with Crippen molar-refractivity contribution in [2.45, 2.75) is 44.9 Å². The molecular formula is C19H26N4O2. The lowest BCUT2D eigenvalue weighted by Crippen LogP contribution is -2.47. The second-order valence-corrected chi connectivity index (χ2v) is 6.47. The van der Waals surface area contributed by atoms with E-state index in [0.717, 1.165) is 38.0 Å². The number of aromatic nitrogens is 2. The minimum Gasteiger partial charge on any atom is -0.371 e. The summed E-state index contributed by atoms with van der Waals surface area (Å²) in [5.74, 6) is 0. The normalized spacial score (nSPS) is 20.2. The number of benzene rings is 1. The molecule has 0 radical (unpaired) electrons. The first-order valence-electron chi connectivity index (χ1n) is 8.92. The monoisotopic (exact) mass is 342 g/mol. The number of carbonyl (C=O) groups is 1. The van der Waals surface area contributed by atoms with E-state index < -0.39 is 0 Å². The van der Waals surface area contributed by atoms with E-state index in [2.05, 4.69) is 46.9 Å². The van der Waals surface area contributed by atoms with Crippen LogP contribution >= 0.6 is 0 Å². The van der Waals surface area contributed by atoms with Crippen LogP contribution in [0.1, 0.15) is 36.5 Å². The minimum absolute atomic E-state index is 0.00238. The van der Waals surface area contributed by atoms with Crippen LogP contribution in [0, 0.1) is 6.92 Å². The molecule has 0 saturated carbocycles. The van der Waals surface area contributed by atoms with Crippen LogP contribution in [0.25, 0.3) is 0 Å². The highest BCUT2D eigenvalue weighted by Gasteiger charge is 2.28. The number of hydrogen-bond donors (Lipinski definition) is 2. The molecule has 25 heavy (non-hydrogen) atoms. The molecule has 6 nitrogen and oxygen atoms in total. The zero-order valence-electron chi connectivity index (χ0n) is 14.6. The first-order valence-corrected chi connectivity index (χ1v) is 8.92. The predicted octanol–water partition coefficient (Wildman–Crippen LogP) is 2.80. The van der Waals surface area contributed by atoms with Gasteiger partial charge in [0, 0.05) is 32.1 Å². The lowest BCUT2D eigenvalue weighted by atomic mass is 9.95. The Kier molecular flexibility index (Phi) is 6.06. The maximum Gasteiger partial charge on any atom is 0.315 e. The maximum absolute atomic E-state index is 12.2. The van der Waals surface area contributed by atoms with Crippen LogP contribution in [0.3, 0.4) is 0 Å². The quantitative estimate of drug-likeness (QED) is 0.793. The van der Waals surface area contributed by atoms with Crippen LogP contribution in [-0.4, -0.2) is 35.0 Å². The number of amides is 2. The van der Waals surface area contributed by atoms with Crippen LogP contribution in [0.4, 0.5) is 4.79 Å². The molecule has 1 aliphatic heterocycles. The number of aryl methyl sites for hydroxylation is 2. The molecule has 0 bridgehead atoms. The van der Waals surface area contributed by atoms with Gasteiger partial charge >= 0.3 is 6.03 Å². The molecule has 2 aromatic rings. The molecule has 0 unspecified atom stereocenters. The van der Waals surface area contributed by atoms with E-state index >= 15 is 0 Å². The van der Waals surface area contributed by atoms with Crippen molar-refractivity contribution in [1.29, 1.82) is 0 Å². The van der Waals surface area contributed by atoms with E-state index in [1.54, 1.807) is 6.20 Å². The van der Waals surface area contributed by atoms with Crippen molar-refractivity contribution < 1.29 is 9.53 Å². The molecule has 6 heteroatoms. The zero-order valence-corrected chi connectivity index (χ0v) is 14.6. The standard InChI is InChI=1S/C19H26N4O2/c1-15-6-8-16(9-7-15)18-17(5-2-14-25-18)22-19(24)20-10-3-12-23-13-4-11-21-23/h4,6-9,11,13,17-18H,2-3,5,10,12,14H2,1H3,(H2,20,22,24)/t17-,18-/m0/s1. The average Bonchev–Trinajstić information content (AvgIpc) is 3.14. The molecule has 2 atom stereocenters. The van der Waals surface area contributed by atoms with Crippen molar-refractivity contribution in [2.75, 3.05) is 13.2 Å². The summed E-state index contributed by atoms with van der Waals surface area (Å²) in [6.45, 7) is 4.22. The summed E-state index contributed by atoms with van der Waals surface area (Å²) >= 11 is 0. The summed E-state index contributed by atoms with van der Waals surface area (Å²) in [6, 6.07) is 10.1. The topological polar surface area (TPSA) is 68.2 Å². The highest BCUT2D eigenvalue weighted by atomic mass is 16.5. The SMILES string of the molecule is Cc1ccc([C@@H]2OCCC[C@@H]2NC(=O)NCCCn2cccn2)cc1. The van der Waals surface area contributed by atoms with E-state index in [-0.39, 0.29) is 18.2 Å². The molecule has 2 heterocycles. The van der Waals surface area contributed by atoms with Crippen molar-refractivity contribution >= 4 is 6.03 Å². The summed E-state index contributed by atoms with van der Waals surface area (Å²) in [5.41, 5.74) is 2.34. The fourth-order valence-corrected chi connectivity index (χ4v) is 3.11. The van der Waals surface area contributed by atoms with Gasteiger partial charge in [0.05, 0.1) is 6.04 Å². The first kappa shape index (κ1) is 17.5. The molecule has 3 rings (SSSR count). The summed E-state index contributed by atoms with van der Waals surface area (Å²) in [4.78, 5) is 12.2. The third-order valence-electron chi connectivity index (χ3n) is 4.45. The third kappa shape index (κ3) is 5.06. The van der Waals surface area contributed by atoms with Gasteiger partial charge in [-0.3, -0.25) is 4.68 Å². The van der Waals surface area contributed by atoms with Gasteiger partial charge in [-0.2, -0.15) is 5.10 Å². The predicted molar refractivity (Wildman–Crippen MR) is 96.3 cm³/mol. The third-order valence-corrected chi connectivity index (χ3v) is 4.45. The molecule has 1 aromatic heterocycles. The number of carbonyl (C=O) groups excluding carboxylic acids is 1. The van der Waals surface area contributed by atoms with Gasteiger partial charge in [0.1, 0.15) is 6.10 Å². The molecule has 2 amide bonds. The second kappa shape index (κ2) is 8.67. The number of nitrogens with zero attached hydrogens (tertiary/aromatic N) is 2. The molecule has 0 aliphatic carbocycles. The number of rotatable bonds is 6. The van der Waals surface area contributed by atoms with E-state index in [1.807, 2.05) is 16.9 Å². The van der Waals surface area contributed by atoms with E-state index in [1.165, 1.54) is 5.56 Å². The summed E-state index contributed by atoms with van der Waals surface area (Å²) < 4.78 is 7.80. The fourth-order valence-electron chi connectivity index (χ4n) is 3.11. The van der Waals surface area contributed by atoms with Crippen LogP contribution in [0.15, 0.2) is 42.7 Å². The Morgan fingerprint density at radius 2 is 2.20 bits per heavy atom. The van der Waals surface area contributed by atoms with Crippen molar-refractivity contribution in [1.82, 2.24) is 20.4 Å². The molecule has 1 saturated heterocycles. The van der Waals surface area contributed by atoms with Crippen LogP contribution < -0.4 is 10.6 Å². The Labute approximate surface area is 148 Å². The van der Waals surface area contributed by atoms with Crippen molar-refractivity contribution in [3.63, 3.8) is 0 Å². The van der Waals surface area contributed by atoms with Crippen LogP contribution in [-0.2, 0) is 11.3 Å². The van der Waals surface area contributed by atoms with Crippen LogP contribution in [0.2, 0.25) is 0 Å². The van der Waals surface area contributed by atoms with E-state index in [4.69, 9.17) is 4.74 Å². The summed E-state index contributed by atoms with van der Waals surface area (Å²) in [6.07, 6.45) is 6.34. The van der Waals surface area contributed by atoms with E-state index in [0.29, 0.717) is 6.54 Å². The number of ether oxygens (including phenoxy) is 1. The maximum atomic E-state index is 12.2. The lowest BCUT2D eigenvalue weighted by Gasteiger charge is -2.32. The van der Waals surface area contributed by atoms with Gasteiger partial charge in [-0.05, 0) is 37.8 Å². The minimum atomic E-state index is -0.131. The van der Waals surface area contributed by atoms with Crippen LogP contribution in [0.5, 0.6) is 0 Å². The Morgan fingerprint density at radius 1 is 1.36 bits per heavy atom. The number of urea groups is 1. The van der Waals surface area contributed by atoms with Gasteiger partial charge in [0.25, 0.3) is 0 Å². The molecule has 1 aliphatic rings. The molecular weight excluding hydrogens is 316 g/mol. The second-order valence-electron chi connectivity index (χ2n) is 6.47. The number of hydrogen-bond acceptors (Lipinski definition) is 3. The van der Waals surface area contributed by atoms with Crippen molar-refractivity contribution in [3.05, 3.63) is 53.9 Å². The van der Waals surface area contributed by atoms with Crippen molar-refractivity contribution in [3.8, 4) is 0 Å². The Hall–Kier alpha value is -2.34. The van der Waals surface area contributed by atoms with E-state index in [9.17, 15) is 4.79 Å². The molecule has 1 fully saturated rings. The molecule has 0 spiro atoms. The molecule has 134 valence electrons. The van der Waals surface area contributed by atoms with Crippen molar-refractivity contribution in [2.24, 2.45) is 0 Å². The molecule has 1 aromatic carbocycles. The zero-order chi connectivity index (χ0) is 17.5. The lowest BCUT2D eigenvalue weighted by molar-refractivity contribution is -0.00742. The highest BCUT2D eigenvalue weighted by molar-refractivity contribution is 5.74. The summed E-state index contributed by atoms with van der Waals surface area (Å²) in [5, 5.41) is 10.2. The molecule has 2 N–H and O–H groups in total. The van der Waals surface area contributed by atoms with Gasteiger partial charge in [0.2, 0.25) is 0 Å². The fraction of sp³-hybridized carbons (Fsp3) is 0.474. The Bertz CT molecular complexity index is 655. The van der Waals surface area contributed by atoms with Gasteiger partial charge in [0.15, 0.2) is 0 Å². The highest BCUT2D eigenvalue weighted by Crippen LogP contribution is 2.28. The Balaban J connectivity index is 1.47. The average molecular weight is 342 g/mol. The summed E-state index contributed by atoms with van der Waals surface area (Å²) in [7, 11) is 0. The van der Waals surface area contributed by atoms with Gasteiger partial charge in [-0.15, -0.1) is 0 Å². The Morgan fingerprint density at radius 3 is 2.96 bits per heavy atom. The van der Waals surface area contributed by atoms with Gasteiger partial charge in [-0.1, -0.05) is 29.8 Å². The van der Waals surface area contributed by atoms with Gasteiger partial charge < -0.3 is 15.4 Å². The smallest absolute Gasteiger partial charge is 0.315 e. The first-order chi connectivity index (χ1) is 12.2. The number of nitrogens with one attached hydrogen (secondary N) is 2. The van der Waals surface area contributed by atoms with Gasteiger partial charge in [-0.25, -0.2) is 4.79 Å². The largest absolute Gasteiger partial charge is 0.371 e.